The third kappa shape index (κ3) is 8.32. The van der Waals surface area contributed by atoms with E-state index in [9.17, 15) is 15.0 Å². The molecule has 10 nitrogen and oxygen atoms in total. The summed E-state index contributed by atoms with van der Waals surface area (Å²) in [7, 11) is 1.49. The molecular formula is C27H40N4O6S. The van der Waals surface area contributed by atoms with Crippen molar-refractivity contribution in [2.45, 2.75) is 82.8 Å². The number of rotatable bonds is 15. The minimum atomic E-state index is -1.24. The van der Waals surface area contributed by atoms with Gasteiger partial charge in [-0.3, -0.25) is 9.36 Å². The summed E-state index contributed by atoms with van der Waals surface area (Å²) in [5.41, 5.74) is 6.86. The molecule has 1 fully saturated rings. The average Bonchev–Trinajstić information content (AvgIpc) is 3.41. The zero-order valence-electron chi connectivity index (χ0n) is 22.3. The van der Waals surface area contributed by atoms with Gasteiger partial charge in [0.25, 0.3) is 0 Å². The van der Waals surface area contributed by atoms with Gasteiger partial charge in [0, 0.05) is 13.5 Å². The van der Waals surface area contributed by atoms with Crippen LogP contribution in [0.4, 0.5) is 5.82 Å². The highest BCUT2D eigenvalue weighted by Gasteiger charge is 2.44. The maximum atomic E-state index is 12.1. The van der Waals surface area contributed by atoms with Crippen LogP contribution in [0.3, 0.4) is 0 Å². The molecule has 0 bridgehead atoms. The van der Waals surface area contributed by atoms with Crippen molar-refractivity contribution in [2.24, 2.45) is 0 Å². The molecule has 2 aromatic rings. The van der Waals surface area contributed by atoms with E-state index in [-0.39, 0.29) is 25.0 Å². The second-order valence-electron chi connectivity index (χ2n) is 9.34. The van der Waals surface area contributed by atoms with Crippen LogP contribution in [0.5, 0.6) is 0 Å². The predicted molar refractivity (Wildman–Crippen MR) is 148 cm³/mol. The number of thioether (sulfide) groups is 1. The summed E-state index contributed by atoms with van der Waals surface area (Å²) in [4.78, 5) is 20.4. The summed E-state index contributed by atoms with van der Waals surface area (Å²) in [5, 5.41) is 21.6. The third-order valence-corrected chi connectivity index (χ3v) is 7.57. The summed E-state index contributed by atoms with van der Waals surface area (Å²) >= 11 is 1.89. The Balaban J connectivity index is 1.51. The van der Waals surface area contributed by atoms with Crippen LogP contribution in [-0.2, 0) is 19.0 Å². The number of nitrogen functional groups attached to an aromatic ring is 1. The van der Waals surface area contributed by atoms with Crippen LogP contribution in [0, 0.1) is 11.8 Å². The first-order chi connectivity index (χ1) is 18.5. The molecule has 0 radical (unpaired) electrons. The van der Waals surface area contributed by atoms with Gasteiger partial charge in [-0.1, -0.05) is 44.9 Å². The number of esters is 1. The van der Waals surface area contributed by atoms with Crippen LogP contribution in [0.1, 0.15) is 70.2 Å². The van der Waals surface area contributed by atoms with Crippen molar-refractivity contribution in [1.82, 2.24) is 14.5 Å². The van der Waals surface area contributed by atoms with Crippen LogP contribution >= 0.6 is 11.8 Å². The highest BCUT2D eigenvalue weighted by atomic mass is 32.2. The van der Waals surface area contributed by atoms with E-state index in [0.717, 1.165) is 17.9 Å². The lowest BCUT2D eigenvalue weighted by Crippen LogP contribution is -2.33. The fourth-order valence-electron chi connectivity index (χ4n) is 4.37. The first-order valence-corrected chi connectivity index (χ1v) is 14.5. The van der Waals surface area contributed by atoms with Gasteiger partial charge in [0.2, 0.25) is 0 Å². The van der Waals surface area contributed by atoms with Crippen molar-refractivity contribution in [2.75, 3.05) is 37.6 Å². The molecule has 0 aromatic carbocycles. The summed E-state index contributed by atoms with van der Waals surface area (Å²) in [6.07, 6.45) is 6.13. The van der Waals surface area contributed by atoms with E-state index in [1.54, 1.807) is 10.6 Å². The highest BCUT2D eigenvalue weighted by molar-refractivity contribution is 7.99. The number of aromatic nitrogens is 3. The number of methoxy groups -OCH3 is 1. The quantitative estimate of drug-likeness (QED) is 0.173. The summed E-state index contributed by atoms with van der Waals surface area (Å²) < 4.78 is 17.8. The Hall–Kier alpha value is -2.36. The lowest BCUT2D eigenvalue weighted by molar-refractivity contribution is -0.142. The molecule has 11 heteroatoms. The molecule has 0 amide bonds. The third-order valence-electron chi connectivity index (χ3n) is 6.42. The molecule has 0 saturated carbocycles. The number of fused-ring (bicyclic) bond motifs is 1. The Kier molecular flexibility index (Phi) is 12.6. The summed E-state index contributed by atoms with van der Waals surface area (Å²) in [6.45, 7) is 2.26. The van der Waals surface area contributed by atoms with Gasteiger partial charge >= 0.3 is 5.97 Å². The van der Waals surface area contributed by atoms with Gasteiger partial charge in [-0.05, 0) is 36.3 Å². The monoisotopic (exact) mass is 548 g/mol. The fourth-order valence-corrected chi connectivity index (χ4v) is 5.33. The normalized spacial score (nSPS) is 20.9. The van der Waals surface area contributed by atoms with Gasteiger partial charge in [-0.15, -0.1) is 0 Å². The average molecular weight is 549 g/mol. The number of carbonyl (C=O) groups excluding carboxylic acids is 1. The number of aliphatic hydroxyl groups excluding tert-OH is 2. The Labute approximate surface area is 228 Å². The lowest BCUT2D eigenvalue weighted by Gasteiger charge is -2.18. The summed E-state index contributed by atoms with van der Waals surface area (Å²) in [6, 6.07) is 1.69. The number of ether oxygens (including phenoxy) is 3. The number of unbranched alkanes of at least 4 members (excludes halogenated alkanes) is 5. The molecule has 1 saturated heterocycles. The molecule has 210 valence electrons. The maximum absolute atomic E-state index is 12.1. The van der Waals surface area contributed by atoms with E-state index in [4.69, 9.17) is 19.9 Å². The molecule has 4 N–H and O–H groups in total. The van der Waals surface area contributed by atoms with Gasteiger partial charge in [0.05, 0.1) is 17.7 Å². The molecule has 2 aromatic heterocycles. The molecule has 0 aliphatic carbocycles. The molecule has 3 heterocycles. The standard InChI is InChI=1S/C27H40N4O6S/c1-3-4-5-6-7-8-14-38-15-10-12-22(32)36-13-9-11-19-16-20-25(28)29-18-30-26(20)31(19)27-24(34)23(33)21(37-27)17-35-2/h16,18,21,23-24,27,33-34H,3-8,10,12-15,17H2,1-2H3,(H2,28,29,30). The molecule has 1 aliphatic heterocycles. The van der Waals surface area contributed by atoms with Gasteiger partial charge in [-0.25, -0.2) is 9.97 Å². The second kappa shape index (κ2) is 15.9. The number of nitrogens with two attached hydrogens (primary N) is 1. The molecule has 38 heavy (non-hydrogen) atoms. The van der Waals surface area contributed by atoms with Gasteiger partial charge < -0.3 is 30.2 Å². The number of nitrogens with zero attached hydrogens (tertiary/aromatic N) is 3. The number of anilines is 1. The molecule has 0 spiro atoms. The van der Waals surface area contributed by atoms with Gasteiger partial charge in [0.15, 0.2) is 12.8 Å². The van der Waals surface area contributed by atoms with Gasteiger partial charge in [0.1, 0.15) is 36.1 Å². The molecule has 3 rings (SSSR count). The number of hydrogen-bond donors (Lipinski definition) is 3. The van der Waals surface area contributed by atoms with Crippen molar-refractivity contribution in [3.63, 3.8) is 0 Å². The number of hydrogen-bond acceptors (Lipinski definition) is 10. The zero-order valence-corrected chi connectivity index (χ0v) is 23.1. The Bertz CT molecular complexity index is 1080. The Morgan fingerprint density at radius 2 is 1.92 bits per heavy atom. The van der Waals surface area contributed by atoms with Gasteiger partial charge in [-0.2, -0.15) is 11.8 Å². The predicted octanol–water partition coefficient (Wildman–Crippen LogP) is 3.05. The van der Waals surface area contributed by atoms with Crippen LogP contribution in [-0.4, -0.2) is 80.9 Å². The summed E-state index contributed by atoms with van der Waals surface area (Å²) in [5.74, 6) is 7.85. The lowest BCUT2D eigenvalue weighted by atomic mass is 10.1. The van der Waals surface area contributed by atoms with E-state index in [2.05, 4.69) is 28.7 Å². The zero-order chi connectivity index (χ0) is 27.3. The van der Waals surface area contributed by atoms with Crippen LogP contribution in [0.2, 0.25) is 0 Å². The largest absolute Gasteiger partial charge is 0.452 e. The van der Waals surface area contributed by atoms with Crippen LogP contribution in [0.25, 0.3) is 11.0 Å². The second-order valence-corrected chi connectivity index (χ2v) is 10.6. The van der Waals surface area contributed by atoms with Crippen molar-refractivity contribution >= 4 is 34.6 Å². The number of carbonyl (C=O) groups is 1. The molecule has 4 unspecified atom stereocenters. The maximum Gasteiger partial charge on any atom is 0.306 e. The van der Waals surface area contributed by atoms with Crippen LogP contribution < -0.4 is 5.73 Å². The van der Waals surface area contributed by atoms with Crippen molar-refractivity contribution in [1.29, 1.82) is 0 Å². The van der Waals surface area contributed by atoms with E-state index in [1.807, 2.05) is 11.8 Å². The molecule has 4 atom stereocenters. The first kappa shape index (κ1) is 30.2. The first-order valence-electron chi connectivity index (χ1n) is 13.3. The van der Waals surface area contributed by atoms with Crippen molar-refractivity contribution in [3.05, 3.63) is 18.1 Å². The molecular weight excluding hydrogens is 508 g/mol. The highest BCUT2D eigenvalue weighted by Crippen LogP contribution is 2.34. The minimum absolute atomic E-state index is 0.0740. The van der Waals surface area contributed by atoms with Crippen molar-refractivity contribution in [3.8, 4) is 11.8 Å². The minimum Gasteiger partial charge on any atom is -0.452 e. The van der Waals surface area contributed by atoms with E-state index >= 15 is 0 Å². The van der Waals surface area contributed by atoms with E-state index in [0.29, 0.717) is 23.1 Å². The fraction of sp³-hybridized carbons (Fsp3) is 0.667. The molecule has 1 aliphatic rings. The van der Waals surface area contributed by atoms with E-state index in [1.165, 1.54) is 52.0 Å². The topological polar surface area (TPSA) is 142 Å². The number of aliphatic hydroxyl groups is 2. The SMILES string of the molecule is CCCCCCCCSCCCC(=O)OCC#Cc1cc2c(N)ncnc2n1C1OC(COC)C(O)C1O. The Morgan fingerprint density at radius 3 is 2.71 bits per heavy atom. The van der Waals surface area contributed by atoms with Crippen molar-refractivity contribution < 1.29 is 29.2 Å². The van der Waals surface area contributed by atoms with Crippen LogP contribution in [0.15, 0.2) is 12.4 Å². The Morgan fingerprint density at radius 1 is 1.16 bits per heavy atom. The van der Waals surface area contributed by atoms with E-state index < -0.39 is 24.5 Å². The smallest absolute Gasteiger partial charge is 0.306 e.